The van der Waals surface area contributed by atoms with Crippen LogP contribution < -0.4 is 27.2 Å². The number of amides is 1. The van der Waals surface area contributed by atoms with Crippen LogP contribution in [0.15, 0.2) is 27.8 Å². The van der Waals surface area contributed by atoms with E-state index in [1.165, 1.54) is 4.57 Å². The molecule has 3 rings (SSSR count). The topological polar surface area (TPSA) is 112 Å². The van der Waals surface area contributed by atoms with E-state index in [0.717, 1.165) is 28.5 Å². The predicted molar refractivity (Wildman–Crippen MR) is 122 cm³/mol. The van der Waals surface area contributed by atoms with Crippen LogP contribution in [0.3, 0.4) is 0 Å². The van der Waals surface area contributed by atoms with Gasteiger partial charge in [-0.3, -0.25) is 14.2 Å². The maximum absolute atomic E-state index is 13.3. The summed E-state index contributed by atoms with van der Waals surface area (Å²) in [6.45, 7) is 7.78. The van der Waals surface area contributed by atoms with Gasteiger partial charge in [-0.25, -0.2) is 9.36 Å². The second-order valence-corrected chi connectivity index (χ2v) is 7.88. The minimum atomic E-state index is -0.566. The highest BCUT2D eigenvalue weighted by molar-refractivity contribution is 5.91. The zero-order valence-electron chi connectivity index (χ0n) is 18.4. The SMILES string of the molecule is CCCCn1c(N)c(N2CCOCC2)c(=O)n(CC(=O)Nc2cc(C)ccc2C)c1=O. The molecule has 9 nitrogen and oxygen atoms in total. The lowest BCUT2D eigenvalue weighted by Gasteiger charge is -2.30. The molecule has 2 aromatic rings. The fraction of sp³-hybridized carbons (Fsp3) is 0.500. The highest BCUT2D eigenvalue weighted by Crippen LogP contribution is 2.19. The van der Waals surface area contributed by atoms with E-state index >= 15 is 0 Å². The molecular formula is C22H31N5O4. The molecule has 31 heavy (non-hydrogen) atoms. The number of unbranched alkanes of at least 4 members (excludes halogenated alkanes) is 1. The number of carbonyl (C=O) groups is 1. The third-order valence-electron chi connectivity index (χ3n) is 5.47. The fourth-order valence-corrected chi connectivity index (χ4v) is 3.66. The van der Waals surface area contributed by atoms with Gasteiger partial charge in [0.2, 0.25) is 5.91 Å². The molecule has 168 valence electrons. The van der Waals surface area contributed by atoms with Gasteiger partial charge in [-0.15, -0.1) is 0 Å². The van der Waals surface area contributed by atoms with Crippen molar-refractivity contribution in [2.24, 2.45) is 0 Å². The monoisotopic (exact) mass is 429 g/mol. The second-order valence-electron chi connectivity index (χ2n) is 7.88. The number of nitrogens with one attached hydrogen (secondary N) is 1. The van der Waals surface area contributed by atoms with Crippen molar-refractivity contribution >= 4 is 23.1 Å². The quantitative estimate of drug-likeness (QED) is 0.690. The first-order chi connectivity index (χ1) is 14.8. The molecule has 1 fully saturated rings. The van der Waals surface area contributed by atoms with E-state index in [-0.39, 0.29) is 18.1 Å². The van der Waals surface area contributed by atoms with Crippen molar-refractivity contribution in [1.82, 2.24) is 9.13 Å². The molecular weight excluding hydrogens is 398 g/mol. The molecule has 1 saturated heterocycles. The summed E-state index contributed by atoms with van der Waals surface area (Å²) in [4.78, 5) is 40.9. The molecule has 2 heterocycles. The summed E-state index contributed by atoms with van der Waals surface area (Å²) in [5, 5.41) is 2.82. The third kappa shape index (κ3) is 4.99. The molecule has 3 N–H and O–H groups in total. The number of benzene rings is 1. The zero-order chi connectivity index (χ0) is 22.5. The fourth-order valence-electron chi connectivity index (χ4n) is 3.66. The maximum Gasteiger partial charge on any atom is 0.333 e. The van der Waals surface area contributed by atoms with Crippen LogP contribution in [0, 0.1) is 13.8 Å². The van der Waals surface area contributed by atoms with Crippen LogP contribution >= 0.6 is 0 Å². The number of nitrogens with zero attached hydrogens (tertiary/aromatic N) is 3. The van der Waals surface area contributed by atoms with Gasteiger partial charge in [0.15, 0.2) is 0 Å². The molecule has 0 bridgehead atoms. The van der Waals surface area contributed by atoms with Gasteiger partial charge in [-0.05, 0) is 37.5 Å². The number of aryl methyl sites for hydroxylation is 2. The number of anilines is 3. The molecule has 0 atom stereocenters. The summed E-state index contributed by atoms with van der Waals surface area (Å²) in [6.07, 6.45) is 1.60. The summed E-state index contributed by atoms with van der Waals surface area (Å²) in [7, 11) is 0. The van der Waals surface area contributed by atoms with E-state index in [4.69, 9.17) is 10.5 Å². The molecule has 0 saturated carbocycles. The van der Waals surface area contributed by atoms with Gasteiger partial charge in [0.05, 0.1) is 13.2 Å². The molecule has 9 heteroatoms. The van der Waals surface area contributed by atoms with Crippen LogP contribution in [-0.4, -0.2) is 41.3 Å². The van der Waals surface area contributed by atoms with E-state index < -0.39 is 17.2 Å². The first-order valence-electron chi connectivity index (χ1n) is 10.7. The number of carbonyl (C=O) groups excluding carboxylic acids is 1. The maximum atomic E-state index is 13.3. The number of morpholine rings is 1. The van der Waals surface area contributed by atoms with Crippen molar-refractivity contribution < 1.29 is 9.53 Å². The van der Waals surface area contributed by atoms with Crippen molar-refractivity contribution in [3.63, 3.8) is 0 Å². The van der Waals surface area contributed by atoms with Crippen LogP contribution in [0.25, 0.3) is 0 Å². The molecule has 1 aromatic heterocycles. The number of nitrogen functional groups attached to an aromatic ring is 1. The third-order valence-corrected chi connectivity index (χ3v) is 5.47. The smallest absolute Gasteiger partial charge is 0.333 e. The van der Waals surface area contributed by atoms with E-state index in [1.54, 1.807) is 0 Å². The van der Waals surface area contributed by atoms with Crippen LogP contribution in [0.5, 0.6) is 0 Å². The molecule has 1 aromatic carbocycles. The lowest BCUT2D eigenvalue weighted by molar-refractivity contribution is -0.116. The van der Waals surface area contributed by atoms with Crippen molar-refractivity contribution in [1.29, 1.82) is 0 Å². The number of nitrogens with two attached hydrogens (primary N) is 1. The Labute approximate surface area is 181 Å². The largest absolute Gasteiger partial charge is 0.383 e. The summed E-state index contributed by atoms with van der Waals surface area (Å²) in [5.41, 5.74) is 8.00. The number of hydrogen-bond acceptors (Lipinski definition) is 6. The first-order valence-corrected chi connectivity index (χ1v) is 10.7. The standard InChI is InChI=1S/C22H31N5O4/c1-4-5-8-26-20(23)19(25-9-11-31-12-10-25)21(29)27(22(26)30)14-18(28)24-17-13-15(2)6-7-16(17)3/h6-7,13H,4-5,8-12,14,23H2,1-3H3,(H,24,28). The van der Waals surface area contributed by atoms with Crippen molar-refractivity contribution in [3.05, 3.63) is 50.2 Å². The average Bonchev–Trinajstić information content (AvgIpc) is 2.74. The minimum absolute atomic E-state index is 0.150. The Kier molecular flexibility index (Phi) is 7.17. The number of aromatic nitrogens is 2. The van der Waals surface area contributed by atoms with Crippen molar-refractivity contribution in [2.45, 2.75) is 46.7 Å². The van der Waals surface area contributed by atoms with Crippen LogP contribution in [0.2, 0.25) is 0 Å². The Hall–Kier alpha value is -3.07. The Balaban J connectivity index is 1.99. The molecule has 1 amide bonds. The Morgan fingerprint density at radius 2 is 1.87 bits per heavy atom. The summed E-state index contributed by atoms with van der Waals surface area (Å²) in [6, 6.07) is 5.72. The Morgan fingerprint density at radius 1 is 1.16 bits per heavy atom. The number of rotatable bonds is 7. The van der Waals surface area contributed by atoms with Gasteiger partial charge in [-0.1, -0.05) is 25.5 Å². The van der Waals surface area contributed by atoms with E-state index in [9.17, 15) is 14.4 Å². The summed E-state index contributed by atoms with van der Waals surface area (Å²) in [5.74, 6) is -0.288. The predicted octanol–water partition coefficient (Wildman–Crippen LogP) is 1.48. The van der Waals surface area contributed by atoms with Gasteiger partial charge < -0.3 is 20.7 Å². The second kappa shape index (κ2) is 9.82. The molecule has 1 aliphatic heterocycles. The molecule has 0 aliphatic carbocycles. The highest BCUT2D eigenvalue weighted by Gasteiger charge is 2.24. The van der Waals surface area contributed by atoms with E-state index in [2.05, 4.69) is 5.32 Å². The minimum Gasteiger partial charge on any atom is -0.383 e. The zero-order valence-corrected chi connectivity index (χ0v) is 18.4. The highest BCUT2D eigenvalue weighted by atomic mass is 16.5. The van der Waals surface area contributed by atoms with Gasteiger partial charge in [-0.2, -0.15) is 0 Å². The normalized spacial score (nSPS) is 14.0. The van der Waals surface area contributed by atoms with E-state index in [1.807, 2.05) is 43.9 Å². The molecule has 1 aliphatic rings. The van der Waals surface area contributed by atoms with Crippen molar-refractivity contribution in [3.8, 4) is 0 Å². The van der Waals surface area contributed by atoms with Crippen LogP contribution in [0.4, 0.5) is 17.2 Å². The molecule has 0 unspecified atom stereocenters. The van der Waals surface area contributed by atoms with E-state index in [0.29, 0.717) is 38.5 Å². The van der Waals surface area contributed by atoms with Gasteiger partial charge in [0, 0.05) is 25.3 Å². The van der Waals surface area contributed by atoms with Crippen LogP contribution in [0.1, 0.15) is 30.9 Å². The van der Waals surface area contributed by atoms with Gasteiger partial charge >= 0.3 is 5.69 Å². The number of ether oxygens (including phenoxy) is 1. The summed E-state index contributed by atoms with van der Waals surface area (Å²) < 4.78 is 7.76. The first kappa shape index (κ1) is 22.6. The number of hydrogen-bond donors (Lipinski definition) is 2. The van der Waals surface area contributed by atoms with Gasteiger partial charge in [0.25, 0.3) is 5.56 Å². The molecule has 0 radical (unpaired) electrons. The average molecular weight is 430 g/mol. The Bertz CT molecular complexity index is 1070. The van der Waals surface area contributed by atoms with Gasteiger partial charge in [0.1, 0.15) is 18.1 Å². The Morgan fingerprint density at radius 3 is 2.55 bits per heavy atom. The summed E-state index contributed by atoms with van der Waals surface area (Å²) >= 11 is 0. The lowest BCUT2D eigenvalue weighted by Crippen LogP contribution is -2.48. The molecule has 0 spiro atoms. The van der Waals surface area contributed by atoms with Crippen LogP contribution in [-0.2, 0) is 22.6 Å². The lowest BCUT2D eigenvalue weighted by atomic mass is 10.1. The van der Waals surface area contributed by atoms with Crippen molar-refractivity contribution in [2.75, 3.05) is 42.3 Å².